The summed E-state index contributed by atoms with van der Waals surface area (Å²) < 4.78 is 26.2. The minimum absolute atomic E-state index is 0.268. The number of nitrogens with zero attached hydrogens (tertiary/aromatic N) is 2. The molecule has 5 heteroatoms. The lowest BCUT2D eigenvalue weighted by Gasteiger charge is -2.36. The fraction of sp³-hybridized carbons (Fsp3) is 0.625. The zero-order chi connectivity index (χ0) is 14.8. The Bertz CT molecular complexity index is 482. The molecular formula is C16H23F2N3. The molecule has 1 aromatic carbocycles. The van der Waals surface area contributed by atoms with E-state index >= 15 is 0 Å². The molecule has 0 amide bonds. The highest BCUT2D eigenvalue weighted by Gasteiger charge is 2.26. The molecule has 1 aromatic rings. The molecule has 1 atom stereocenters. The van der Waals surface area contributed by atoms with Crippen molar-refractivity contribution >= 4 is 0 Å². The third-order valence-electron chi connectivity index (χ3n) is 4.50. The molecule has 0 spiro atoms. The van der Waals surface area contributed by atoms with Crippen molar-refractivity contribution in [3.8, 4) is 0 Å². The largest absolute Gasteiger partial charge is 0.323 e. The Balaban J connectivity index is 1.48. The van der Waals surface area contributed by atoms with Gasteiger partial charge in [-0.2, -0.15) is 0 Å². The van der Waals surface area contributed by atoms with Gasteiger partial charge in [-0.25, -0.2) is 8.78 Å². The molecule has 1 saturated heterocycles. The second kappa shape index (κ2) is 6.38. The van der Waals surface area contributed by atoms with Crippen LogP contribution in [0, 0.1) is 17.6 Å². The second-order valence-electron chi connectivity index (χ2n) is 6.32. The van der Waals surface area contributed by atoms with Gasteiger partial charge in [0.2, 0.25) is 0 Å². The van der Waals surface area contributed by atoms with E-state index in [1.54, 1.807) is 6.07 Å². The van der Waals surface area contributed by atoms with E-state index in [-0.39, 0.29) is 6.04 Å². The lowest BCUT2D eigenvalue weighted by atomic mass is 10.1. The molecule has 0 radical (unpaired) electrons. The van der Waals surface area contributed by atoms with Gasteiger partial charge in [0, 0.05) is 45.3 Å². The predicted molar refractivity (Wildman–Crippen MR) is 78.9 cm³/mol. The van der Waals surface area contributed by atoms with Crippen LogP contribution in [0.4, 0.5) is 8.78 Å². The predicted octanol–water partition coefficient (Wildman–Crippen LogP) is 1.99. The first kappa shape index (κ1) is 14.9. The highest BCUT2D eigenvalue weighted by Crippen LogP contribution is 2.30. The van der Waals surface area contributed by atoms with Crippen LogP contribution in [0.2, 0.25) is 0 Å². The summed E-state index contributed by atoms with van der Waals surface area (Å²) in [5.41, 5.74) is 6.79. The topological polar surface area (TPSA) is 32.5 Å². The van der Waals surface area contributed by atoms with Crippen molar-refractivity contribution in [3.63, 3.8) is 0 Å². The Morgan fingerprint density at radius 2 is 1.71 bits per heavy atom. The third kappa shape index (κ3) is 3.99. The molecular weight excluding hydrogens is 272 g/mol. The van der Waals surface area contributed by atoms with E-state index in [1.807, 2.05) is 0 Å². The van der Waals surface area contributed by atoms with E-state index in [1.165, 1.54) is 25.5 Å². The zero-order valence-electron chi connectivity index (χ0n) is 12.3. The smallest absolute Gasteiger partial charge is 0.159 e. The quantitative estimate of drug-likeness (QED) is 0.902. The van der Waals surface area contributed by atoms with Gasteiger partial charge in [0.1, 0.15) is 0 Å². The lowest BCUT2D eigenvalue weighted by Crippen LogP contribution is -2.48. The van der Waals surface area contributed by atoms with Crippen LogP contribution in [0.3, 0.4) is 0 Å². The van der Waals surface area contributed by atoms with Crippen molar-refractivity contribution < 1.29 is 8.78 Å². The van der Waals surface area contributed by atoms with E-state index in [0.29, 0.717) is 12.1 Å². The Kier molecular flexibility index (Phi) is 4.52. The van der Waals surface area contributed by atoms with E-state index in [0.717, 1.165) is 38.2 Å². The number of hydrogen-bond donors (Lipinski definition) is 1. The Labute approximate surface area is 124 Å². The molecule has 0 bridgehead atoms. The summed E-state index contributed by atoms with van der Waals surface area (Å²) in [7, 11) is 0. The van der Waals surface area contributed by atoms with E-state index in [4.69, 9.17) is 5.73 Å². The van der Waals surface area contributed by atoms with Crippen molar-refractivity contribution in [1.82, 2.24) is 9.80 Å². The number of halogens is 2. The van der Waals surface area contributed by atoms with Gasteiger partial charge in [-0.1, -0.05) is 6.07 Å². The maximum atomic E-state index is 13.2. The fourth-order valence-electron chi connectivity index (χ4n) is 2.95. The number of nitrogens with two attached hydrogens (primary N) is 1. The highest BCUT2D eigenvalue weighted by atomic mass is 19.2. The second-order valence-corrected chi connectivity index (χ2v) is 6.32. The zero-order valence-corrected chi connectivity index (χ0v) is 12.3. The van der Waals surface area contributed by atoms with E-state index in [2.05, 4.69) is 9.80 Å². The van der Waals surface area contributed by atoms with Crippen LogP contribution in [0.5, 0.6) is 0 Å². The molecule has 3 nitrogen and oxygen atoms in total. The summed E-state index contributed by atoms with van der Waals surface area (Å²) in [5, 5.41) is 0. The number of hydrogen-bond acceptors (Lipinski definition) is 3. The average molecular weight is 295 g/mol. The van der Waals surface area contributed by atoms with Crippen molar-refractivity contribution in [2.75, 3.05) is 39.3 Å². The average Bonchev–Trinajstić information content (AvgIpc) is 3.28. The molecule has 2 fully saturated rings. The van der Waals surface area contributed by atoms with Gasteiger partial charge in [0.25, 0.3) is 0 Å². The standard InChI is InChI=1S/C16H23F2N3/c17-14-4-3-13(9-15(14)18)16(19)11-21-7-5-20(6-8-21)10-12-1-2-12/h3-4,9,12,16H,1-2,5-8,10-11,19H2. The fourth-order valence-corrected chi connectivity index (χ4v) is 2.95. The molecule has 1 aliphatic carbocycles. The van der Waals surface area contributed by atoms with Gasteiger partial charge < -0.3 is 10.6 Å². The molecule has 116 valence electrons. The first-order chi connectivity index (χ1) is 10.1. The summed E-state index contributed by atoms with van der Waals surface area (Å²) in [4.78, 5) is 4.84. The number of rotatable bonds is 5. The van der Waals surface area contributed by atoms with Crippen LogP contribution in [0.15, 0.2) is 18.2 Å². The van der Waals surface area contributed by atoms with E-state index in [9.17, 15) is 8.78 Å². The first-order valence-electron chi connectivity index (χ1n) is 7.77. The van der Waals surface area contributed by atoms with Gasteiger partial charge in [-0.05, 0) is 36.5 Å². The van der Waals surface area contributed by atoms with Gasteiger partial charge in [0.15, 0.2) is 11.6 Å². The number of piperazine rings is 1. The van der Waals surface area contributed by atoms with Crippen LogP contribution in [-0.4, -0.2) is 49.1 Å². The van der Waals surface area contributed by atoms with Crippen LogP contribution in [0.25, 0.3) is 0 Å². The van der Waals surface area contributed by atoms with E-state index < -0.39 is 11.6 Å². The van der Waals surface area contributed by atoms with Crippen LogP contribution in [-0.2, 0) is 0 Å². The lowest BCUT2D eigenvalue weighted by molar-refractivity contribution is 0.123. The molecule has 3 rings (SSSR count). The molecule has 1 unspecified atom stereocenters. The third-order valence-corrected chi connectivity index (χ3v) is 4.50. The first-order valence-corrected chi connectivity index (χ1v) is 7.77. The minimum atomic E-state index is -0.822. The molecule has 0 aromatic heterocycles. The van der Waals surface area contributed by atoms with Crippen molar-refractivity contribution in [1.29, 1.82) is 0 Å². The molecule has 2 aliphatic rings. The highest BCUT2D eigenvalue weighted by molar-refractivity contribution is 5.21. The molecule has 1 aliphatic heterocycles. The molecule has 21 heavy (non-hydrogen) atoms. The molecule has 1 heterocycles. The monoisotopic (exact) mass is 295 g/mol. The Morgan fingerprint density at radius 1 is 1.05 bits per heavy atom. The van der Waals surface area contributed by atoms with Gasteiger partial charge in [-0.3, -0.25) is 4.90 Å². The molecule has 2 N–H and O–H groups in total. The number of benzene rings is 1. The summed E-state index contributed by atoms with van der Waals surface area (Å²) in [6, 6.07) is 3.67. The summed E-state index contributed by atoms with van der Waals surface area (Å²) in [6.45, 7) is 6.11. The Morgan fingerprint density at radius 3 is 2.33 bits per heavy atom. The van der Waals surface area contributed by atoms with Crippen LogP contribution in [0.1, 0.15) is 24.4 Å². The maximum absolute atomic E-state index is 13.2. The SMILES string of the molecule is NC(CN1CCN(CC2CC2)CC1)c1ccc(F)c(F)c1. The van der Waals surface area contributed by atoms with Crippen LogP contribution >= 0.6 is 0 Å². The normalized spacial score (nSPS) is 22.4. The van der Waals surface area contributed by atoms with Gasteiger partial charge >= 0.3 is 0 Å². The molecule has 1 saturated carbocycles. The van der Waals surface area contributed by atoms with Gasteiger partial charge in [-0.15, -0.1) is 0 Å². The summed E-state index contributed by atoms with van der Waals surface area (Å²) in [6.07, 6.45) is 2.78. The minimum Gasteiger partial charge on any atom is -0.323 e. The van der Waals surface area contributed by atoms with Crippen molar-refractivity contribution in [2.24, 2.45) is 11.7 Å². The summed E-state index contributed by atoms with van der Waals surface area (Å²) in [5.74, 6) is -0.710. The van der Waals surface area contributed by atoms with Gasteiger partial charge in [0.05, 0.1) is 0 Å². The maximum Gasteiger partial charge on any atom is 0.159 e. The Hall–Kier alpha value is -1.04. The van der Waals surface area contributed by atoms with Crippen molar-refractivity contribution in [2.45, 2.75) is 18.9 Å². The summed E-state index contributed by atoms with van der Waals surface area (Å²) >= 11 is 0. The van der Waals surface area contributed by atoms with Crippen molar-refractivity contribution in [3.05, 3.63) is 35.4 Å². The van der Waals surface area contributed by atoms with Crippen LogP contribution < -0.4 is 5.73 Å².